The molecular weight excluding hydrogens is 364 g/mol. The van der Waals surface area contributed by atoms with E-state index in [0.717, 1.165) is 36.5 Å². The average Bonchev–Trinajstić information content (AvgIpc) is 3.27. The highest BCUT2D eigenvalue weighted by atomic mass is 16.5. The summed E-state index contributed by atoms with van der Waals surface area (Å²) in [7, 11) is 1.75. The zero-order valence-electron chi connectivity index (χ0n) is 17.1. The maximum absolute atomic E-state index is 8.89. The Bertz CT molecular complexity index is 865. The number of nitrogens with one attached hydrogen (secondary N) is 2. The summed E-state index contributed by atoms with van der Waals surface area (Å²) in [5.41, 5.74) is 4.02. The third-order valence-corrected chi connectivity index (χ3v) is 4.93. The zero-order chi connectivity index (χ0) is 20.5. The molecule has 2 aromatic carbocycles. The first kappa shape index (κ1) is 20.7. The van der Waals surface area contributed by atoms with E-state index in [2.05, 4.69) is 46.8 Å². The van der Waals surface area contributed by atoms with Crippen molar-refractivity contribution >= 4 is 5.96 Å². The Morgan fingerprint density at radius 3 is 2.69 bits per heavy atom. The number of aliphatic imine (C=N–C) groups is 1. The first-order valence-electron chi connectivity index (χ1n) is 9.91. The highest BCUT2D eigenvalue weighted by molar-refractivity contribution is 5.79. The Labute approximate surface area is 172 Å². The van der Waals surface area contributed by atoms with Gasteiger partial charge in [0.2, 0.25) is 0 Å². The molecule has 1 unspecified atom stereocenters. The van der Waals surface area contributed by atoms with Crippen LogP contribution in [0.4, 0.5) is 0 Å². The lowest BCUT2D eigenvalue weighted by molar-refractivity contribution is 0.166. The Morgan fingerprint density at radius 1 is 1.21 bits per heavy atom. The second-order valence-electron chi connectivity index (χ2n) is 7.24. The maximum atomic E-state index is 8.89. The van der Waals surface area contributed by atoms with Crippen molar-refractivity contribution in [2.45, 2.75) is 26.4 Å². The number of hydrogen-bond acceptors (Lipinski definition) is 4. The molecule has 0 bridgehead atoms. The van der Waals surface area contributed by atoms with Gasteiger partial charge < -0.3 is 20.1 Å². The van der Waals surface area contributed by atoms with Gasteiger partial charge in [-0.05, 0) is 42.7 Å². The number of hydrogen-bond donors (Lipinski definition) is 2. The second kappa shape index (κ2) is 10.5. The van der Waals surface area contributed by atoms with Gasteiger partial charge in [-0.15, -0.1) is 0 Å². The molecule has 0 amide bonds. The molecule has 1 atom stereocenters. The lowest BCUT2D eigenvalue weighted by atomic mass is 10.1. The fraction of sp³-hybridized carbons (Fsp3) is 0.391. The van der Waals surface area contributed by atoms with Crippen LogP contribution in [0, 0.1) is 24.2 Å². The standard InChI is InChI=1S/C23H28N4O2/c1-17-3-8-21(22(11-17)29-16-20-9-10-28-15-20)14-27-23(25-2)26-13-19-6-4-18(12-24)5-7-19/h3-8,11,20H,9-10,13-16H2,1-2H3,(H2,25,26,27). The van der Waals surface area contributed by atoms with Crippen molar-refractivity contribution in [3.05, 3.63) is 64.7 Å². The van der Waals surface area contributed by atoms with Gasteiger partial charge in [-0.25, -0.2) is 0 Å². The quantitative estimate of drug-likeness (QED) is 0.559. The molecule has 6 heteroatoms. The molecule has 29 heavy (non-hydrogen) atoms. The number of ether oxygens (including phenoxy) is 2. The summed E-state index contributed by atoms with van der Waals surface area (Å²) in [6.07, 6.45) is 1.06. The molecule has 1 heterocycles. The van der Waals surface area contributed by atoms with Crippen LogP contribution in [0.25, 0.3) is 0 Å². The highest BCUT2D eigenvalue weighted by Crippen LogP contribution is 2.22. The van der Waals surface area contributed by atoms with Crippen LogP contribution in [0.2, 0.25) is 0 Å². The predicted molar refractivity (Wildman–Crippen MR) is 114 cm³/mol. The van der Waals surface area contributed by atoms with Crippen LogP contribution >= 0.6 is 0 Å². The number of benzene rings is 2. The SMILES string of the molecule is CN=C(NCc1ccc(C#N)cc1)NCc1ccc(C)cc1OCC1CCOC1. The van der Waals surface area contributed by atoms with Gasteiger partial charge in [0.25, 0.3) is 0 Å². The first-order chi connectivity index (χ1) is 14.2. The fourth-order valence-electron chi connectivity index (χ4n) is 3.15. The van der Waals surface area contributed by atoms with E-state index in [4.69, 9.17) is 14.7 Å². The summed E-state index contributed by atoms with van der Waals surface area (Å²) in [5, 5.41) is 15.5. The zero-order valence-corrected chi connectivity index (χ0v) is 17.1. The molecule has 1 aliphatic rings. The van der Waals surface area contributed by atoms with Crippen molar-refractivity contribution in [2.75, 3.05) is 26.9 Å². The predicted octanol–water partition coefficient (Wildman–Crippen LogP) is 3.15. The molecule has 0 spiro atoms. The second-order valence-corrected chi connectivity index (χ2v) is 7.24. The van der Waals surface area contributed by atoms with E-state index in [1.165, 1.54) is 5.56 Å². The molecule has 1 saturated heterocycles. The normalized spacial score (nSPS) is 16.3. The smallest absolute Gasteiger partial charge is 0.191 e. The minimum Gasteiger partial charge on any atom is -0.493 e. The lowest BCUT2D eigenvalue weighted by Gasteiger charge is -2.17. The van der Waals surface area contributed by atoms with Crippen molar-refractivity contribution in [3.63, 3.8) is 0 Å². The first-order valence-corrected chi connectivity index (χ1v) is 9.91. The molecule has 0 aromatic heterocycles. The molecule has 152 valence electrons. The summed E-state index contributed by atoms with van der Waals surface area (Å²) in [5.74, 6) is 2.09. The molecule has 6 nitrogen and oxygen atoms in total. The van der Waals surface area contributed by atoms with Gasteiger partial charge in [-0.1, -0.05) is 24.3 Å². The van der Waals surface area contributed by atoms with Crippen LogP contribution in [0.1, 0.15) is 28.7 Å². The van der Waals surface area contributed by atoms with Gasteiger partial charge >= 0.3 is 0 Å². The van der Waals surface area contributed by atoms with E-state index < -0.39 is 0 Å². The average molecular weight is 393 g/mol. The largest absolute Gasteiger partial charge is 0.493 e. The Morgan fingerprint density at radius 2 is 2.00 bits per heavy atom. The van der Waals surface area contributed by atoms with E-state index in [9.17, 15) is 0 Å². The number of nitriles is 1. The van der Waals surface area contributed by atoms with E-state index in [0.29, 0.717) is 37.1 Å². The summed E-state index contributed by atoms with van der Waals surface area (Å²) in [4.78, 5) is 4.29. The van der Waals surface area contributed by atoms with Crippen LogP contribution in [-0.2, 0) is 17.8 Å². The van der Waals surface area contributed by atoms with Gasteiger partial charge in [-0.2, -0.15) is 5.26 Å². The van der Waals surface area contributed by atoms with Crippen molar-refractivity contribution < 1.29 is 9.47 Å². The molecule has 0 aliphatic carbocycles. The third-order valence-electron chi connectivity index (χ3n) is 4.93. The molecule has 0 radical (unpaired) electrons. The van der Waals surface area contributed by atoms with E-state index in [1.54, 1.807) is 7.05 Å². The topological polar surface area (TPSA) is 78.7 Å². The Hall–Kier alpha value is -3.04. The van der Waals surface area contributed by atoms with Crippen molar-refractivity contribution in [3.8, 4) is 11.8 Å². The van der Waals surface area contributed by atoms with E-state index in [-0.39, 0.29) is 0 Å². The van der Waals surface area contributed by atoms with Crippen molar-refractivity contribution in [1.82, 2.24) is 10.6 Å². The summed E-state index contributed by atoms with van der Waals surface area (Å²) in [6.45, 7) is 5.61. The van der Waals surface area contributed by atoms with Crippen LogP contribution in [0.15, 0.2) is 47.5 Å². The summed E-state index contributed by atoms with van der Waals surface area (Å²) < 4.78 is 11.5. The maximum Gasteiger partial charge on any atom is 0.191 e. The molecular formula is C23H28N4O2. The minimum absolute atomic E-state index is 0.471. The highest BCUT2D eigenvalue weighted by Gasteiger charge is 2.17. The molecule has 1 aliphatic heterocycles. The number of rotatable bonds is 7. The van der Waals surface area contributed by atoms with Gasteiger partial charge in [0.05, 0.1) is 24.8 Å². The summed E-state index contributed by atoms with van der Waals surface area (Å²) in [6, 6.07) is 15.9. The van der Waals surface area contributed by atoms with E-state index >= 15 is 0 Å². The van der Waals surface area contributed by atoms with Crippen LogP contribution < -0.4 is 15.4 Å². The number of aryl methyl sites for hydroxylation is 1. The Kier molecular flexibility index (Phi) is 7.48. The van der Waals surface area contributed by atoms with Crippen molar-refractivity contribution in [1.29, 1.82) is 5.26 Å². The number of guanidine groups is 1. The molecule has 1 fully saturated rings. The van der Waals surface area contributed by atoms with Crippen LogP contribution in [0.3, 0.4) is 0 Å². The monoisotopic (exact) mass is 392 g/mol. The van der Waals surface area contributed by atoms with Crippen LogP contribution in [-0.4, -0.2) is 32.8 Å². The third kappa shape index (κ3) is 6.23. The molecule has 2 aromatic rings. The lowest BCUT2D eigenvalue weighted by Crippen LogP contribution is -2.36. The fourth-order valence-corrected chi connectivity index (χ4v) is 3.15. The van der Waals surface area contributed by atoms with E-state index in [1.807, 2.05) is 24.3 Å². The van der Waals surface area contributed by atoms with Gasteiger partial charge in [0.1, 0.15) is 5.75 Å². The minimum atomic E-state index is 0.471. The molecule has 2 N–H and O–H groups in total. The van der Waals surface area contributed by atoms with Crippen LogP contribution in [0.5, 0.6) is 5.75 Å². The van der Waals surface area contributed by atoms with Gasteiger partial charge in [0.15, 0.2) is 5.96 Å². The molecule has 0 saturated carbocycles. The Balaban J connectivity index is 1.54. The number of nitrogens with zero attached hydrogens (tertiary/aromatic N) is 2. The van der Waals surface area contributed by atoms with Gasteiger partial charge in [0, 0.05) is 38.2 Å². The van der Waals surface area contributed by atoms with Gasteiger partial charge in [-0.3, -0.25) is 4.99 Å². The molecule has 3 rings (SSSR count). The summed E-state index contributed by atoms with van der Waals surface area (Å²) >= 11 is 0. The van der Waals surface area contributed by atoms with Crippen molar-refractivity contribution in [2.24, 2.45) is 10.9 Å².